The molecule has 104 valence electrons. The van der Waals surface area contributed by atoms with Gasteiger partial charge in [0.05, 0.1) is 0 Å². The SMILES string of the molecule is CC1CC(CN)CN1C(=O)c1c(F)cc(F)cc1F. The third kappa shape index (κ3) is 2.58. The van der Waals surface area contributed by atoms with Crippen LogP contribution in [0, 0.1) is 23.4 Å². The average Bonchev–Trinajstić information content (AvgIpc) is 2.69. The van der Waals surface area contributed by atoms with Crippen molar-refractivity contribution in [2.24, 2.45) is 11.7 Å². The first kappa shape index (κ1) is 13.9. The quantitative estimate of drug-likeness (QED) is 0.894. The predicted molar refractivity (Wildman–Crippen MR) is 64.0 cm³/mol. The average molecular weight is 272 g/mol. The number of rotatable bonds is 2. The van der Waals surface area contributed by atoms with Crippen molar-refractivity contribution in [1.29, 1.82) is 0 Å². The Morgan fingerprint density at radius 1 is 1.37 bits per heavy atom. The van der Waals surface area contributed by atoms with Gasteiger partial charge in [-0.3, -0.25) is 4.79 Å². The number of amides is 1. The second-order valence-corrected chi connectivity index (χ2v) is 4.89. The Morgan fingerprint density at radius 3 is 2.42 bits per heavy atom. The molecule has 1 saturated heterocycles. The molecule has 0 bridgehead atoms. The molecule has 6 heteroatoms. The zero-order valence-electron chi connectivity index (χ0n) is 10.5. The molecule has 1 aromatic carbocycles. The fourth-order valence-corrected chi connectivity index (χ4v) is 2.49. The predicted octanol–water partition coefficient (Wildman–Crippen LogP) is 1.91. The second kappa shape index (κ2) is 5.21. The number of halogens is 3. The summed E-state index contributed by atoms with van der Waals surface area (Å²) in [5, 5.41) is 0. The van der Waals surface area contributed by atoms with Crippen LogP contribution in [0.1, 0.15) is 23.7 Å². The first-order valence-electron chi connectivity index (χ1n) is 6.09. The number of likely N-dealkylation sites (tertiary alicyclic amines) is 1. The van der Waals surface area contributed by atoms with E-state index in [0.29, 0.717) is 31.6 Å². The number of hydrogen-bond donors (Lipinski definition) is 1. The number of nitrogens with zero attached hydrogens (tertiary/aromatic N) is 1. The number of carbonyl (C=O) groups is 1. The van der Waals surface area contributed by atoms with E-state index in [-0.39, 0.29) is 12.0 Å². The Morgan fingerprint density at radius 2 is 1.95 bits per heavy atom. The maximum Gasteiger partial charge on any atom is 0.260 e. The summed E-state index contributed by atoms with van der Waals surface area (Å²) in [5.74, 6) is -4.01. The van der Waals surface area contributed by atoms with Gasteiger partial charge in [-0.25, -0.2) is 13.2 Å². The topological polar surface area (TPSA) is 46.3 Å². The summed E-state index contributed by atoms with van der Waals surface area (Å²) in [6.07, 6.45) is 0.701. The van der Waals surface area contributed by atoms with Crippen molar-refractivity contribution < 1.29 is 18.0 Å². The van der Waals surface area contributed by atoms with Crippen LogP contribution in [-0.4, -0.2) is 29.9 Å². The van der Waals surface area contributed by atoms with E-state index in [1.165, 1.54) is 4.90 Å². The van der Waals surface area contributed by atoms with Gasteiger partial charge in [0.15, 0.2) is 0 Å². The molecule has 0 saturated carbocycles. The molecule has 2 N–H and O–H groups in total. The van der Waals surface area contributed by atoms with Crippen LogP contribution in [0.3, 0.4) is 0 Å². The monoisotopic (exact) mass is 272 g/mol. The molecular weight excluding hydrogens is 257 g/mol. The van der Waals surface area contributed by atoms with E-state index in [4.69, 9.17) is 5.73 Å². The van der Waals surface area contributed by atoms with E-state index in [9.17, 15) is 18.0 Å². The van der Waals surface area contributed by atoms with Gasteiger partial charge in [0, 0.05) is 24.7 Å². The highest BCUT2D eigenvalue weighted by Gasteiger charge is 2.34. The van der Waals surface area contributed by atoms with Gasteiger partial charge < -0.3 is 10.6 Å². The van der Waals surface area contributed by atoms with Crippen LogP contribution in [0.25, 0.3) is 0 Å². The molecule has 0 spiro atoms. The van der Waals surface area contributed by atoms with Crippen LogP contribution >= 0.6 is 0 Å². The zero-order chi connectivity index (χ0) is 14.2. The van der Waals surface area contributed by atoms with E-state index >= 15 is 0 Å². The van der Waals surface area contributed by atoms with Crippen LogP contribution in [0.4, 0.5) is 13.2 Å². The normalized spacial score (nSPS) is 22.9. The number of hydrogen-bond acceptors (Lipinski definition) is 2. The van der Waals surface area contributed by atoms with E-state index in [0.717, 1.165) is 0 Å². The molecule has 19 heavy (non-hydrogen) atoms. The van der Waals surface area contributed by atoms with Crippen molar-refractivity contribution in [2.75, 3.05) is 13.1 Å². The first-order chi connectivity index (χ1) is 8.93. The van der Waals surface area contributed by atoms with Crippen molar-refractivity contribution in [1.82, 2.24) is 4.90 Å². The Hall–Kier alpha value is -1.56. The molecule has 2 unspecified atom stereocenters. The fourth-order valence-electron chi connectivity index (χ4n) is 2.49. The molecule has 1 aliphatic rings. The molecule has 1 aromatic rings. The Kier molecular flexibility index (Phi) is 3.80. The van der Waals surface area contributed by atoms with E-state index < -0.39 is 28.9 Å². The molecule has 1 aliphatic heterocycles. The van der Waals surface area contributed by atoms with Crippen molar-refractivity contribution in [2.45, 2.75) is 19.4 Å². The summed E-state index contributed by atoms with van der Waals surface area (Å²) in [7, 11) is 0. The maximum atomic E-state index is 13.6. The highest BCUT2D eigenvalue weighted by molar-refractivity contribution is 5.95. The van der Waals surface area contributed by atoms with Crippen molar-refractivity contribution in [3.05, 3.63) is 35.1 Å². The van der Waals surface area contributed by atoms with Gasteiger partial charge in [-0.2, -0.15) is 0 Å². The summed E-state index contributed by atoms with van der Waals surface area (Å²) in [6, 6.07) is 0.888. The maximum absolute atomic E-state index is 13.6. The molecule has 2 atom stereocenters. The summed E-state index contributed by atoms with van der Waals surface area (Å²) in [5.41, 5.74) is 4.84. The molecule has 0 aromatic heterocycles. The molecule has 0 radical (unpaired) electrons. The Labute approximate surface area is 109 Å². The highest BCUT2D eigenvalue weighted by Crippen LogP contribution is 2.26. The third-order valence-electron chi connectivity index (χ3n) is 3.48. The molecule has 2 rings (SSSR count). The molecule has 0 aliphatic carbocycles. The van der Waals surface area contributed by atoms with Crippen molar-refractivity contribution in [3.63, 3.8) is 0 Å². The van der Waals surface area contributed by atoms with E-state index in [1.807, 2.05) is 0 Å². The van der Waals surface area contributed by atoms with E-state index in [1.54, 1.807) is 6.92 Å². The minimum Gasteiger partial charge on any atom is -0.335 e. The third-order valence-corrected chi connectivity index (χ3v) is 3.48. The molecule has 1 heterocycles. The van der Waals surface area contributed by atoms with Gasteiger partial charge in [0.2, 0.25) is 0 Å². The first-order valence-corrected chi connectivity index (χ1v) is 6.09. The lowest BCUT2D eigenvalue weighted by molar-refractivity contribution is 0.0733. The molecule has 3 nitrogen and oxygen atoms in total. The van der Waals surface area contributed by atoms with Gasteiger partial charge in [-0.1, -0.05) is 0 Å². The van der Waals surface area contributed by atoms with Gasteiger partial charge in [0.1, 0.15) is 23.0 Å². The van der Waals surface area contributed by atoms with Gasteiger partial charge in [0.25, 0.3) is 5.91 Å². The van der Waals surface area contributed by atoms with Crippen LogP contribution in [-0.2, 0) is 0 Å². The zero-order valence-corrected chi connectivity index (χ0v) is 10.5. The highest BCUT2D eigenvalue weighted by atomic mass is 19.1. The lowest BCUT2D eigenvalue weighted by Crippen LogP contribution is -2.35. The van der Waals surface area contributed by atoms with Crippen LogP contribution in [0.2, 0.25) is 0 Å². The largest absolute Gasteiger partial charge is 0.335 e. The minimum absolute atomic E-state index is 0.130. The standard InChI is InChI=1S/C13H15F3N2O/c1-7-2-8(5-17)6-18(7)13(19)12-10(15)3-9(14)4-11(12)16/h3-4,7-8H,2,5-6,17H2,1H3. The summed E-state index contributed by atoms with van der Waals surface area (Å²) in [6.45, 7) is 2.59. The van der Waals surface area contributed by atoms with Crippen molar-refractivity contribution in [3.8, 4) is 0 Å². The van der Waals surface area contributed by atoms with Crippen molar-refractivity contribution >= 4 is 5.91 Å². The van der Waals surface area contributed by atoms with Gasteiger partial charge >= 0.3 is 0 Å². The number of nitrogens with two attached hydrogens (primary N) is 1. The number of benzene rings is 1. The summed E-state index contributed by atoms with van der Waals surface area (Å²) in [4.78, 5) is 13.5. The minimum atomic E-state index is -1.18. The Balaban J connectivity index is 2.30. The second-order valence-electron chi connectivity index (χ2n) is 4.89. The van der Waals surface area contributed by atoms with Crippen LogP contribution in [0.5, 0.6) is 0 Å². The fraction of sp³-hybridized carbons (Fsp3) is 0.462. The van der Waals surface area contributed by atoms with Gasteiger partial charge in [-0.15, -0.1) is 0 Å². The lowest BCUT2D eigenvalue weighted by Gasteiger charge is -2.22. The van der Waals surface area contributed by atoms with Crippen LogP contribution in [0.15, 0.2) is 12.1 Å². The molecule has 1 amide bonds. The molecule has 1 fully saturated rings. The lowest BCUT2D eigenvalue weighted by atomic mass is 10.1. The number of carbonyl (C=O) groups excluding carboxylic acids is 1. The Bertz CT molecular complexity index is 484. The van der Waals surface area contributed by atoms with Gasteiger partial charge in [-0.05, 0) is 25.8 Å². The van der Waals surface area contributed by atoms with Crippen LogP contribution < -0.4 is 5.73 Å². The summed E-state index contributed by atoms with van der Waals surface area (Å²) >= 11 is 0. The van der Waals surface area contributed by atoms with E-state index in [2.05, 4.69) is 0 Å². The smallest absolute Gasteiger partial charge is 0.260 e. The summed E-state index contributed by atoms with van der Waals surface area (Å²) < 4.78 is 40.0. The molecular formula is C13H15F3N2O.